The van der Waals surface area contributed by atoms with Crippen molar-refractivity contribution in [1.82, 2.24) is 8.80 Å². The van der Waals surface area contributed by atoms with Gasteiger partial charge in [0.1, 0.15) is 0 Å². The molecular weight excluding hydrogens is 705 g/mol. The standard InChI is InChI=1S/C54H34N4/c1-5-17-35(18-6-1)55(36-19-7-2-8-20-36)45-29-15-31-47-51(45)41-27-13-25-39-43-34-50-44(33-49(43)57(47)53(39)41)40-26-14-28-42-52-46(30-16-32-48(52)58(50)54(40)42)56(37-21-9-3-10-22-37)38-23-11-4-12-24-38/h1-34H/i1D,2D,3D,4D,5D,6D,7D,8D,9D,10D,11D,12D,17D,18D,19D,20D,21D,22D,23D,24D. The number of para-hydroxylation sites is 6. The number of hydrogen-bond donors (Lipinski definition) is 0. The molecule has 270 valence electrons. The van der Waals surface area contributed by atoms with Gasteiger partial charge in [-0.2, -0.15) is 0 Å². The highest BCUT2D eigenvalue weighted by molar-refractivity contribution is 6.31. The van der Waals surface area contributed by atoms with Crippen LogP contribution in [0.2, 0.25) is 0 Å². The molecule has 0 saturated heterocycles. The fraction of sp³-hybridized carbons (Fsp3) is 0. The Balaban J connectivity index is 1.12. The van der Waals surface area contributed by atoms with E-state index in [1.54, 1.807) is 24.3 Å². The first-order valence-corrected chi connectivity index (χ1v) is 18.3. The second kappa shape index (κ2) is 11.8. The topological polar surface area (TPSA) is 15.3 Å². The summed E-state index contributed by atoms with van der Waals surface area (Å²) in [6.45, 7) is 0. The number of fused-ring (bicyclic) bond motifs is 12. The van der Waals surface area contributed by atoms with E-state index in [0.717, 1.165) is 43.6 Å². The Hall–Kier alpha value is -7.82. The monoisotopic (exact) mass is 758 g/mol. The van der Waals surface area contributed by atoms with Gasteiger partial charge in [-0.25, -0.2) is 0 Å². The molecule has 0 aliphatic rings. The minimum absolute atomic E-state index is 0.180. The SMILES string of the molecule is [2H]c1c([2H])c([2H])c(N(c2c([2H])c([2H])c([2H])c([2H])c2[2H])c2cccc3c2c2cccc4c5cc6c(cc5n3c42)c2cccc3c4c(N(c5c([2H])c([2H])c([2H])c([2H])c5[2H])c5c([2H])c([2H])c([2H])c([2H])c5[2H])cccc4n6c23)c([2H])c1[2H]. The molecule has 0 amide bonds. The number of rotatable bonds is 6. The number of nitrogens with zero attached hydrogens (tertiary/aromatic N) is 4. The zero-order chi connectivity index (χ0) is 55.3. The first-order valence-electron chi connectivity index (χ1n) is 28.3. The molecule has 0 N–H and O–H groups in total. The number of aromatic nitrogens is 2. The van der Waals surface area contributed by atoms with E-state index in [9.17, 15) is 0 Å². The van der Waals surface area contributed by atoms with Gasteiger partial charge >= 0.3 is 0 Å². The van der Waals surface area contributed by atoms with E-state index in [2.05, 4.69) is 0 Å². The molecule has 13 rings (SSSR count). The van der Waals surface area contributed by atoms with Crippen molar-refractivity contribution < 1.29 is 27.4 Å². The summed E-state index contributed by atoms with van der Waals surface area (Å²) in [5.41, 5.74) is 2.79. The Morgan fingerprint density at radius 2 is 0.655 bits per heavy atom. The van der Waals surface area contributed by atoms with Gasteiger partial charge in [-0.1, -0.05) is 121 Å². The van der Waals surface area contributed by atoms with Gasteiger partial charge in [-0.3, -0.25) is 0 Å². The summed E-state index contributed by atoms with van der Waals surface area (Å²) in [5.74, 6) is 0. The van der Waals surface area contributed by atoms with Crippen molar-refractivity contribution in [3.8, 4) is 0 Å². The van der Waals surface area contributed by atoms with Gasteiger partial charge in [0.15, 0.2) is 0 Å². The highest BCUT2D eigenvalue weighted by Crippen LogP contribution is 2.49. The van der Waals surface area contributed by atoms with Crippen LogP contribution >= 0.6 is 0 Å². The Kier molecular flexibility index (Phi) is 3.67. The molecule has 0 bridgehead atoms. The minimum Gasteiger partial charge on any atom is -0.310 e. The lowest BCUT2D eigenvalue weighted by molar-refractivity contribution is 1.29. The van der Waals surface area contributed by atoms with Crippen LogP contribution in [0.3, 0.4) is 0 Å². The van der Waals surface area contributed by atoms with Crippen LogP contribution in [0.4, 0.5) is 34.1 Å². The molecule has 9 aromatic carbocycles. The van der Waals surface area contributed by atoms with Crippen molar-refractivity contribution in [2.75, 3.05) is 9.80 Å². The molecule has 0 aliphatic heterocycles. The van der Waals surface area contributed by atoms with Gasteiger partial charge in [-0.05, 0) is 84.7 Å². The number of anilines is 6. The summed E-state index contributed by atoms with van der Waals surface area (Å²) >= 11 is 0. The third kappa shape index (κ3) is 4.18. The van der Waals surface area contributed by atoms with E-state index in [4.69, 9.17) is 27.4 Å². The molecule has 0 fully saturated rings. The smallest absolute Gasteiger partial charge is 0.0645 e. The molecule has 58 heavy (non-hydrogen) atoms. The average Bonchev–Trinajstić information content (AvgIpc) is 3.34. The molecule has 0 aliphatic carbocycles. The fourth-order valence-corrected chi connectivity index (χ4v) is 9.01. The second-order valence-corrected chi connectivity index (χ2v) is 13.9. The van der Waals surface area contributed by atoms with Crippen LogP contribution in [0.15, 0.2) is 206 Å². The lowest BCUT2D eigenvalue weighted by atomic mass is 10.0. The van der Waals surface area contributed by atoms with Gasteiger partial charge in [0, 0.05) is 65.8 Å². The molecule has 4 heteroatoms. The predicted molar refractivity (Wildman–Crippen MR) is 245 cm³/mol. The van der Waals surface area contributed by atoms with Crippen molar-refractivity contribution in [2.45, 2.75) is 0 Å². The Labute approximate surface area is 362 Å². The summed E-state index contributed by atoms with van der Waals surface area (Å²) in [5, 5.41) is 5.42. The minimum atomic E-state index is -0.686. The highest BCUT2D eigenvalue weighted by atomic mass is 15.2. The van der Waals surface area contributed by atoms with Crippen molar-refractivity contribution in [3.63, 3.8) is 0 Å². The molecule has 4 nitrogen and oxygen atoms in total. The summed E-state index contributed by atoms with van der Waals surface area (Å²) in [6.07, 6.45) is 0. The molecule has 4 heterocycles. The maximum Gasteiger partial charge on any atom is 0.0645 e. The van der Waals surface area contributed by atoms with Crippen LogP contribution in [-0.2, 0) is 0 Å². The molecule has 13 aromatic rings. The quantitative estimate of drug-likeness (QED) is 0.168. The van der Waals surface area contributed by atoms with Gasteiger partial charge < -0.3 is 18.6 Å². The van der Waals surface area contributed by atoms with E-state index in [1.165, 1.54) is 9.80 Å². The first-order chi connectivity index (χ1) is 37.1. The van der Waals surface area contributed by atoms with E-state index in [1.807, 2.05) is 69.5 Å². The van der Waals surface area contributed by atoms with Crippen LogP contribution < -0.4 is 9.80 Å². The Morgan fingerprint density at radius 1 is 0.328 bits per heavy atom. The molecule has 0 radical (unpaired) electrons. The fourth-order valence-electron chi connectivity index (χ4n) is 9.01. The van der Waals surface area contributed by atoms with Gasteiger partial charge in [0.2, 0.25) is 0 Å². The molecule has 0 saturated carbocycles. The second-order valence-electron chi connectivity index (χ2n) is 13.9. The maximum absolute atomic E-state index is 9.13. The van der Waals surface area contributed by atoms with Gasteiger partial charge in [0.25, 0.3) is 0 Å². The summed E-state index contributed by atoms with van der Waals surface area (Å²) in [6, 6.07) is 12.3. The number of benzene rings is 9. The lowest BCUT2D eigenvalue weighted by Gasteiger charge is -2.26. The van der Waals surface area contributed by atoms with Crippen molar-refractivity contribution in [1.29, 1.82) is 0 Å². The predicted octanol–water partition coefficient (Wildman–Crippen LogP) is 14.9. The van der Waals surface area contributed by atoms with Gasteiger partial charge in [0.05, 0.1) is 71.9 Å². The van der Waals surface area contributed by atoms with Crippen LogP contribution in [0.25, 0.3) is 76.2 Å². The van der Waals surface area contributed by atoms with E-state index >= 15 is 0 Å². The van der Waals surface area contributed by atoms with Crippen LogP contribution in [0.1, 0.15) is 27.4 Å². The largest absolute Gasteiger partial charge is 0.310 e. The Bertz CT molecular complexity index is 4330. The van der Waals surface area contributed by atoms with Crippen LogP contribution in [0, 0.1) is 0 Å². The van der Waals surface area contributed by atoms with Crippen molar-refractivity contribution >= 4 is 110 Å². The maximum atomic E-state index is 9.13. The van der Waals surface area contributed by atoms with Crippen LogP contribution in [-0.4, -0.2) is 8.80 Å². The zero-order valence-corrected chi connectivity index (χ0v) is 29.9. The molecule has 0 atom stereocenters. The van der Waals surface area contributed by atoms with Crippen molar-refractivity contribution in [3.05, 3.63) is 206 Å². The van der Waals surface area contributed by atoms with E-state index in [-0.39, 0.29) is 11.4 Å². The molecule has 0 spiro atoms. The summed E-state index contributed by atoms with van der Waals surface area (Å²) < 4.78 is 180. The summed E-state index contributed by atoms with van der Waals surface area (Å²) in [4.78, 5) is 2.35. The van der Waals surface area contributed by atoms with Crippen LogP contribution in [0.5, 0.6) is 0 Å². The summed E-state index contributed by atoms with van der Waals surface area (Å²) in [7, 11) is 0. The third-order valence-electron chi connectivity index (χ3n) is 11.1. The zero-order valence-electron chi connectivity index (χ0n) is 49.9. The average molecular weight is 759 g/mol. The Morgan fingerprint density at radius 3 is 1.02 bits per heavy atom. The molecule has 4 aromatic heterocycles. The number of hydrogen-bond acceptors (Lipinski definition) is 2. The van der Waals surface area contributed by atoms with Gasteiger partial charge in [-0.15, -0.1) is 0 Å². The highest BCUT2D eigenvalue weighted by Gasteiger charge is 2.26. The van der Waals surface area contributed by atoms with Crippen molar-refractivity contribution in [2.24, 2.45) is 0 Å². The molecular formula is C54H34N4. The first kappa shape index (κ1) is 18.0. The lowest BCUT2D eigenvalue weighted by Crippen LogP contribution is -2.10. The van der Waals surface area contributed by atoms with E-state index < -0.39 is 144 Å². The van der Waals surface area contributed by atoms with E-state index in [0.29, 0.717) is 32.6 Å². The normalized spacial score (nSPS) is 17.0. The third-order valence-corrected chi connectivity index (χ3v) is 11.1. The molecule has 0 unspecified atom stereocenters.